The van der Waals surface area contributed by atoms with E-state index in [4.69, 9.17) is 0 Å². The van der Waals surface area contributed by atoms with Gasteiger partial charge in [-0.2, -0.15) is 5.10 Å². The molecule has 1 aromatic heterocycles. The van der Waals surface area contributed by atoms with Crippen LogP contribution in [0.25, 0.3) is 0 Å². The average molecular weight is 689 g/mol. The van der Waals surface area contributed by atoms with Crippen molar-refractivity contribution in [2.75, 3.05) is 17.0 Å². The minimum absolute atomic E-state index is 0.0669. The molecule has 3 atom stereocenters. The third-order valence-corrected chi connectivity index (χ3v) is 9.56. The molecule has 0 spiro atoms. The number of aromatic nitrogens is 2. The van der Waals surface area contributed by atoms with Crippen molar-refractivity contribution >= 4 is 27.5 Å². The fourth-order valence-corrected chi connectivity index (χ4v) is 6.12. The number of sulfonamides is 1. The van der Waals surface area contributed by atoms with E-state index in [1.807, 2.05) is 85.4 Å². The Balaban J connectivity index is 1.56. The number of carbonyl (C=O) groups excluding carboxylic acids is 2. The molecule has 12 heteroatoms. The maximum Gasteiger partial charge on any atom is 0.251 e. The van der Waals surface area contributed by atoms with Gasteiger partial charge in [-0.1, -0.05) is 60.7 Å². The molecule has 0 aliphatic heterocycles. The Morgan fingerprint density at radius 2 is 1.51 bits per heavy atom. The van der Waals surface area contributed by atoms with E-state index in [0.29, 0.717) is 13.0 Å². The Bertz CT molecular complexity index is 1820. The van der Waals surface area contributed by atoms with E-state index >= 15 is 0 Å². The Labute approximate surface area is 289 Å². The van der Waals surface area contributed by atoms with Gasteiger partial charge in [0.1, 0.15) is 0 Å². The van der Waals surface area contributed by atoms with Crippen LogP contribution in [-0.2, 0) is 28.5 Å². The van der Waals surface area contributed by atoms with Gasteiger partial charge in [-0.3, -0.25) is 19.0 Å². The maximum absolute atomic E-state index is 13.8. The number of aliphatic hydroxyl groups excluding tert-OH is 1. The third kappa shape index (κ3) is 10.5. The molecule has 4 aromatic rings. The highest BCUT2D eigenvalue weighted by molar-refractivity contribution is 7.92. The lowest BCUT2D eigenvalue weighted by atomic mass is 10.00. The molecule has 2 amide bonds. The number of nitrogens with one attached hydrogen (secondary N) is 4. The van der Waals surface area contributed by atoms with E-state index < -0.39 is 34.0 Å². The molecule has 0 saturated carbocycles. The zero-order valence-corrected chi connectivity index (χ0v) is 29.8. The number of carbonyl (C=O) groups is 2. The van der Waals surface area contributed by atoms with E-state index in [9.17, 15) is 23.1 Å². The minimum Gasteiger partial charge on any atom is -0.390 e. The van der Waals surface area contributed by atoms with Crippen LogP contribution in [-0.4, -0.2) is 59.6 Å². The van der Waals surface area contributed by atoms with Gasteiger partial charge in [0.05, 0.1) is 41.4 Å². The highest BCUT2D eigenvalue weighted by Crippen LogP contribution is 2.21. The van der Waals surface area contributed by atoms with Crippen molar-refractivity contribution in [2.45, 2.75) is 78.2 Å². The zero-order valence-electron chi connectivity index (χ0n) is 29.0. The smallest absolute Gasteiger partial charge is 0.251 e. The molecule has 0 unspecified atom stereocenters. The van der Waals surface area contributed by atoms with Crippen molar-refractivity contribution in [3.05, 3.63) is 119 Å². The molecular weight excluding hydrogens is 641 g/mol. The summed E-state index contributed by atoms with van der Waals surface area (Å²) < 4.78 is 29.4. The Kier molecular flexibility index (Phi) is 12.4. The highest BCUT2D eigenvalue weighted by Gasteiger charge is 2.25. The van der Waals surface area contributed by atoms with Crippen molar-refractivity contribution < 1.29 is 23.1 Å². The second kappa shape index (κ2) is 16.3. The first kappa shape index (κ1) is 37.3. The van der Waals surface area contributed by atoms with Crippen LogP contribution in [0.15, 0.2) is 85.1 Å². The fourth-order valence-electron chi connectivity index (χ4n) is 5.50. The quantitative estimate of drug-likeness (QED) is 0.121. The van der Waals surface area contributed by atoms with Crippen LogP contribution < -0.4 is 20.7 Å². The van der Waals surface area contributed by atoms with Crippen LogP contribution in [0.4, 0.5) is 5.69 Å². The predicted molar refractivity (Wildman–Crippen MR) is 193 cm³/mol. The number of rotatable bonds is 15. The van der Waals surface area contributed by atoms with Crippen LogP contribution >= 0.6 is 0 Å². The van der Waals surface area contributed by atoms with Crippen LogP contribution in [0.2, 0.25) is 0 Å². The topological polar surface area (TPSA) is 154 Å². The summed E-state index contributed by atoms with van der Waals surface area (Å²) in [6.45, 7) is 12.3. The summed E-state index contributed by atoms with van der Waals surface area (Å²) in [6.07, 6.45) is 1.16. The number of benzene rings is 3. The minimum atomic E-state index is -3.71. The second-order valence-electron chi connectivity index (χ2n) is 13.2. The molecule has 0 aliphatic rings. The summed E-state index contributed by atoms with van der Waals surface area (Å²) in [5, 5.41) is 25.1. The Hall–Kier alpha value is -4.52. The van der Waals surface area contributed by atoms with Gasteiger partial charge in [-0.05, 0) is 77.3 Å². The lowest BCUT2D eigenvalue weighted by molar-refractivity contribution is 0.0830. The monoisotopic (exact) mass is 688 g/mol. The molecule has 0 aliphatic carbocycles. The first-order chi connectivity index (χ1) is 23.2. The fraction of sp³-hybridized carbons (Fsp3) is 0.378. The molecule has 4 rings (SSSR count). The van der Waals surface area contributed by atoms with Gasteiger partial charge in [0.2, 0.25) is 10.0 Å². The van der Waals surface area contributed by atoms with Crippen LogP contribution in [0.1, 0.15) is 83.8 Å². The molecule has 0 fully saturated rings. The summed E-state index contributed by atoms with van der Waals surface area (Å²) in [6, 6.07) is 22.1. The van der Waals surface area contributed by atoms with Crippen molar-refractivity contribution in [1.29, 1.82) is 0 Å². The van der Waals surface area contributed by atoms with E-state index in [1.54, 1.807) is 0 Å². The van der Waals surface area contributed by atoms with Crippen LogP contribution in [0, 0.1) is 6.92 Å². The van der Waals surface area contributed by atoms with Gasteiger partial charge >= 0.3 is 0 Å². The molecule has 0 bridgehead atoms. The molecular formula is C37H48N6O5S. The number of anilines is 1. The van der Waals surface area contributed by atoms with Gasteiger partial charge in [0.25, 0.3) is 11.8 Å². The summed E-state index contributed by atoms with van der Waals surface area (Å²) >= 11 is 0. The molecule has 262 valence electrons. The molecule has 3 aromatic carbocycles. The standard InChI is InChI=1S/C37H48N6O5S/c1-7-49(47,48)42-32-20-29(35(45)40-25(2)28-16-12-9-13-17-28)19-30(21-32)36(46)41-33(18-27-14-10-8-11-15-27)34(44)24-38-22-31-23-39-43(26(31)3)37(4,5)6/h8-17,19-21,23,25,33-34,38,42,44H,7,18,22,24H2,1-6H3,(H,40,45)(H,41,46)/t25-,33+,34-/m1/s1. The number of hydrogen-bond donors (Lipinski definition) is 5. The molecule has 11 nitrogen and oxygen atoms in total. The number of amides is 2. The van der Waals surface area contributed by atoms with Crippen molar-refractivity contribution in [2.24, 2.45) is 0 Å². The highest BCUT2D eigenvalue weighted by atomic mass is 32.2. The molecule has 0 saturated heterocycles. The van der Waals surface area contributed by atoms with Crippen molar-refractivity contribution in [3.8, 4) is 0 Å². The molecule has 5 N–H and O–H groups in total. The zero-order chi connectivity index (χ0) is 35.8. The SMILES string of the molecule is CCS(=O)(=O)Nc1cc(C(=O)N[C@@H](Cc2ccccc2)[C@H](O)CNCc2cnn(C(C)(C)C)c2C)cc(C(=O)N[C@H](C)c2ccccc2)c1. The van der Waals surface area contributed by atoms with Gasteiger partial charge in [0, 0.05) is 35.5 Å². The summed E-state index contributed by atoms with van der Waals surface area (Å²) in [5.41, 5.74) is 3.93. The van der Waals surface area contributed by atoms with Crippen molar-refractivity contribution in [1.82, 2.24) is 25.7 Å². The lowest BCUT2D eigenvalue weighted by Crippen LogP contribution is -2.48. The van der Waals surface area contributed by atoms with E-state index in [0.717, 1.165) is 22.4 Å². The van der Waals surface area contributed by atoms with Gasteiger partial charge in [0.15, 0.2) is 0 Å². The molecule has 0 radical (unpaired) electrons. The van der Waals surface area contributed by atoms with Gasteiger partial charge in [-0.15, -0.1) is 0 Å². The third-order valence-electron chi connectivity index (χ3n) is 8.25. The number of nitrogens with zero attached hydrogens (tertiary/aromatic N) is 2. The van der Waals surface area contributed by atoms with E-state index in [1.165, 1.54) is 25.1 Å². The van der Waals surface area contributed by atoms with E-state index in [-0.39, 0.29) is 40.7 Å². The van der Waals surface area contributed by atoms with Crippen molar-refractivity contribution in [3.63, 3.8) is 0 Å². The lowest BCUT2D eigenvalue weighted by Gasteiger charge is -2.25. The summed E-state index contributed by atoms with van der Waals surface area (Å²) in [7, 11) is -3.71. The Morgan fingerprint density at radius 1 is 0.918 bits per heavy atom. The summed E-state index contributed by atoms with van der Waals surface area (Å²) in [5.74, 6) is -1.23. The first-order valence-corrected chi connectivity index (χ1v) is 18.1. The van der Waals surface area contributed by atoms with Gasteiger partial charge < -0.3 is 21.1 Å². The maximum atomic E-state index is 13.8. The molecule has 1 heterocycles. The van der Waals surface area contributed by atoms with Crippen LogP contribution in [0.5, 0.6) is 0 Å². The Morgan fingerprint density at radius 3 is 2.08 bits per heavy atom. The predicted octanol–water partition coefficient (Wildman–Crippen LogP) is 4.69. The van der Waals surface area contributed by atoms with Crippen LogP contribution in [0.3, 0.4) is 0 Å². The average Bonchev–Trinajstić information content (AvgIpc) is 3.45. The first-order valence-electron chi connectivity index (χ1n) is 16.5. The largest absolute Gasteiger partial charge is 0.390 e. The van der Waals surface area contributed by atoms with Gasteiger partial charge in [-0.25, -0.2) is 8.42 Å². The van der Waals surface area contributed by atoms with E-state index in [2.05, 4.69) is 46.5 Å². The second-order valence-corrected chi connectivity index (χ2v) is 15.2. The number of hydrogen-bond acceptors (Lipinski definition) is 7. The summed E-state index contributed by atoms with van der Waals surface area (Å²) in [4.78, 5) is 27.2. The normalized spacial score (nSPS) is 13.7. The number of aliphatic hydroxyl groups is 1. The molecule has 49 heavy (non-hydrogen) atoms.